The second kappa shape index (κ2) is 8.85. The molecule has 2 aliphatic rings. The van der Waals surface area contributed by atoms with Crippen LogP contribution >= 0.6 is 0 Å². The fraction of sp³-hybridized carbons (Fsp3) is 0.346. The molecule has 0 spiro atoms. The maximum absolute atomic E-state index is 13.4. The van der Waals surface area contributed by atoms with E-state index in [0.717, 1.165) is 33.6 Å². The van der Waals surface area contributed by atoms with Crippen LogP contribution in [0, 0.1) is 5.92 Å². The van der Waals surface area contributed by atoms with Gasteiger partial charge in [0.15, 0.2) is 0 Å². The lowest BCUT2D eigenvalue weighted by Crippen LogP contribution is -2.40. The number of nitrogens with one attached hydrogen (secondary N) is 1. The number of aromatic amines is 1. The van der Waals surface area contributed by atoms with E-state index in [1.807, 2.05) is 48.2 Å². The van der Waals surface area contributed by atoms with Crippen LogP contribution in [0.4, 0.5) is 5.69 Å². The first-order valence-corrected chi connectivity index (χ1v) is 11.5. The van der Waals surface area contributed by atoms with Gasteiger partial charge in [0.25, 0.3) is 0 Å². The van der Waals surface area contributed by atoms with Crippen molar-refractivity contribution in [3.8, 4) is 5.75 Å². The number of methoxy groups -OCH3 is 1. The normalized spacial score (nSPS) is 17.7. The maximum atomic E-state index is 13.4. The molecule has 1 unspecified atom stereocenters. The molecule has 2 aliphatic heterocycles. The van der Waals surface area contributed by atoms with Crippen LogP contribution in [-0.4, -0.2) is 54.5 Å². The summed E-state index contributed by atoms with van der Waals surface area (Å²) in [6.45, 7) is 3.92. The van der Waals surface area contributed by atoms with Crippen molar-refractivity contribution in [1.82, 2.24) is 9.88 Å². The summed E-state index contributed by atoms with van der Waals surface area (Å²) in [6, 6.07) is 12.8. The molecule has 1 N–H and O–H groups in total. The van der Waals surface area contributed by atoms with Crippen molar-refractivity contribution in [3.05, 3.63) is 59.3 Å². The number of carbonyl (C=O) groups is 3. The number of carbonyl (C=O) groups excluding carboxylic acids is 3. The summed E-state index contributed by atoms with van der Waals surface area (Å²) < 4.78 is 10.3. The highest BCUT2D eigenvalue weighted by molar-refractivity contribution is 6.00. The Morgan fingerprint density at radius 2 is 1.94 bits per heavy atom. The molecule has 2 aromatic carbocycles. The molecule has 0 radical (unpaired) electrons. The van der Waals surface area contributed by atoms with Gasteiger partial charge in [0.1, 0.15) is 5.75 Å². The van der Waals surface area contributed by atoms with Crippen molar-refractivity contribution in [2.45, 2.75) is 26.3 Å². The Morgan fingerprint density at radius 1 is 1.15 bits per heavy atom. The van der Waals surface area contributed by atoms with E-state index < -0.39 is 0 Å². The summed E-state index contributed by atoms with van der Waals surface area (Å²) in [5, 5.41) is 0.925. The van der Waals surface area contributed by atoms with Crippen molar-refractivity contribution in [3.63, 3.8) is 0 Å². The topological polar surface area (TPSA) is 91.9 Å². The van der Waals surface area contributed by atoms with E-state index in [1.165, 1.54) is 7.11 Å². The average Bonchev–Trinajstić information content (AvgIpc) is 3.43. The Hall–Kier alpha value is -3.81. The molecule has 0 bridgehead atoms. The number of benzene rings is 2. The fourth-order valence-corrected chi connectivity index (χ4v) is 4.92. The summed E-state index contributed by atoms with van der Waals surface area (Å²) in [7, 11) is 1.36. The Morgan fingerprint density at radius 3 is 2.68 bits per heavy atom. The standard InChI is InChI=1S/C26H27N3O5/c1-3-34-19-7-5-18(6-8-19)29-14-17(13-24(29)30)25(31)28-11-10-23-21(15-28)20-12-16(26(32)33-2)4-9-22(20)27-23/h4-9,12,17,27H,3,10-11,13-15H2,1-2H3. The number of rotatable bonds is 5. The van der Waals surface area contributed by atoms with Crippen molar-refractivity contribution < 1.29 is 23.9 Å². The fourth-order valence-electron chi connectivity index (χ4n) is 4.92. The molecule has 3 aromatic rings. The number of amides is 2. The van der Waals surface area contributed by atoms with E-state index in [0.29, 0.717) is 38.2 Å². The molecule has 34 heavy (non-hydrogen) atoms. The van der Waals surface area contributed by atoms with E-state index in [2.05, 4.69) is 4.98 Å². The average molecular weight is 462 g/mol. The SMILES string of the molecule is CCOc1ccc(N2CC(C(=O)N3CCc4[nH]c5ccc(C(=O)OC)cc5c4C3)CC2=O)cc1. The first-order valence-electron chi connectivity index (χ1n) is 11.5. The summed E-state index contributed by atoms with van der Waals surface area (Å²) >= 11 is 0. The first-order chi connectivity index (χ1) is 16.5. The molecule has 8 heteroatoms. The number of hydrogen-bond donors (Lipinski definition) is 1. The number of fused-ring (bicyclic) bond motifs is 3. The van der Waals surface area contributed by atoms with Gasteiger partial charge in [0.05, 0.1) is 25.2 Å². The van der Waals surface area contributed by atoms with Crippen molar-refractivity contribution >= 4 is 34.4 Å². The van der Waals surface area contributed by atoms with Gasteiger partial charge in [-0.25, -0.2) is 4.79 Å². The Balaban J connectivity index is 1.32. The van der Waals surface area contributed by atoms with Crippen molar-refractivity contribution in [1.29, 1.82) is 0 Å². The van der Waals surface area contributed by atoms with Gasteiger partial charge in [0, 0.05) is 60.3 Å². The highest BCUT2D eigenvalue weighted by Crippen LogP contribution is 2.32. The summed E-state index contributed by atoms with van der Waals surface area (Å²) in [5.41, 5.74) is 4.29. The third kappa shape index (κ3) is 3.89. The molecule has 0 saturated carbocycles. The lowest BCUT2D eigenvalue weighted by Gasteiger charge is -2.29. The van der Waals surface area contributed by atoms with Gasteiger partial charge in [-0.1, -0.05) is 0 Å². The number of aromatic nitrogens is 1. The molecule has 1 fully saturated rings. The smallest absolute Gasteiger partial charge is 0.337 e. The number of hydrogen-bond acceptors (Lipinski definition) is 5. The zero-order valence-corrected chi connectivity index (χ0v) is 19.3. The number of nitrogens with zero attached hydrogens (tertiary/aromatic N) is 2. The molecule has 1 aromatic heterocycles. The Labute approximate surface area is 197 Å². The minimum absolute atomic E-state index is 0.00842. The zero-order chi connectivity index (χ0) is 23.8. The van der Waals surface area contributed by atoms with Gasteiger partial charge >= 0.3 is 5.97 Å². The van der Waals surface area contributed by atoms with Crippen LogP contribution < -0.4 is 9.64 Å². The Bertz CT molecular complexity index is 1260. The monoisotopic (exact) mass is 461 g/mol. The molecule has 8 nitrogen and oxygen atoms in total. The van der Waals surface area contributed by atoms with Gasteiger partial charge in [-0.05, 0) is 49.4 Å². The quantitative estimate of drug-likeness (QED) is 0.589. The predicted molar refractivity (Wildman–Crippen MR) is 127 cm³/mol. The molecule has 3 heterocycles. The minimum Gasteiger partial charge on any atom is -0.494 e. The van der Waals surface area contributed by atoms with Gasteiger partial charge < -0.3 is 24.3 Å². The van der Waals surface area contributed by atoms with E-state index in [-0.39, 0.29) is 30.1 Å². The highest BCUT2D eigenvalue weighted by atomic mass is 16.5. The van der Waals surface area contributed by atoms with Crippen LogP contribution in [0.3, 0.4) is 0 Å². The van der Waals surface area contributed by atoms with Crippen molar-refractivity contribution in [2.75, 3.05) is 31.7 Å². The van der Waals surface area contributed by atoms with Crippen LogP contribution in [-0.2, 0) is 27.3 Å². The van der Waals surface area contributed by atoms with Crippen LogP contribution in [0.2, 0.25) is 0 Å². The highest BCUT2D eigenvalue weighted by Gasteiger charge is 2.38. The van der Waals surface area contributed by atoms with Crippen LogP contribution in [0.5, 0.6) is 5.75 Å². The molecule has 2 amide bonds. The number of ether oxygens (including phenoxy) is 2. The summed E-state index contributed by atoms with van der Waals surface area (Å²) in [5.74, 6) is -0.0689. The van der Waals surface area contributed by atoms with Crippen molar-refractivity contribution in [2.24, 2.45) is 5.92 Å². The third-order valence-corrected chi connectivity index (χ3v) is 6.64. The van der Waals surface area contributed by atoms with Gasteiger partial charge in [-0.2, -0.15) is 0 Å². The largest absolute Gasteiger partial charge is 0.494 e. The van der Waals surface area contributed by atoms with Crippen LogP contribution in [0.25, 0.3) is 10.9 Å². The van der Waals surface area contributed by atoms with Gasteiger partial charge in [-0.3, -0.25) is 9.59 Å². The van der Waals surface area contributed by atoms with E-state index in [9.17, 15) is 14.4 Å². The van der Waals surface area contributed by atoms with E-state index >= 15 is 0 Å². The van der Waals surface area contributed by atoms with E-state index in [1.54, 1.807) is 11.0 Å². The number of anilines is 1. The van der Waals surface area contributed by atoms with Gasteiger partial charge in [-0.15, -0.1) is 0 Å². The lowest BCUT2D eigenvalue weighted by molar-refractivity contribution is -0.136. The molecular weight excluding hydrogens is 434 g/mol. The maximum Gasteiger partial charge on any atom is 0.337 e. The molecule has 1 saturated heterocycles. The zero-order valence-electron chi connectivity index (χ0n) is 19.3. The Kier molecular flexibility index (Phi) is 5.73. The third-order valence-electron chi connectivity index (χ3n) is 6.64. The second-order valence-corrected chi connectivity index (χ2v) is 8.68. The van der Waals surface area contributed by atoms with Crippen LogP contribution in [0.1, 0.15) is 35.0 Å². The number of H-pyrrole nitrogens is 1. The molecule has 0 aliphatic carbocycles. The lowest BCUT2D eigenvalue weighted by atomic mass is 10.0. The van der Waals surface area contributed by atoms with Gasteiger partial charge in [0.2, 0.25) is 11.8 Å². The first kappa shape index (κ1) is 22.0. The second-order valence-electron chi connectivity index (χ2n) is 8.68. The summed E-state index contributed by atoms with van der Waals surface area (Å²) in [4.78, 5) is 45.0. The molecule has 1 atom stereocenters. The molecule has 176 valence electrons. The molecule has 5 rings (SSSR count). The minimum atomic E-state index is -0.389. The molecular formula is C26H27N3O5. The van der Waals surface area contributed by atoms with E-state index in [4.69, 9.17) is 9.47 Å². The predicted octanol–water partition coefficient (Wildman–Crippen LogP) is 3.29. The van der Waals surface area contributed by atoms with Crippen LogP contribution in [0.15, 0.2) is 42.5 Å². The number of esters is 1. The summed E-state index contributed by atoms with van der Waals surface area (Å²) in [6.07, 6.45) is 0.905.